The summed E-state index contributed by atoms with van der Waals surface area (Å²) in [6, 6.07) is 0. The van der Waals surface area contributed by atoms with E-state index in [-0.39, 0.29) is 45.8 Å². The molecule has 0 atom stereocenters. The number of hydrogen-bond donors (Lipinski definition) is 2. The van der Waals surface area contributed by atoms with Gasteiger partial charge in [0.1, 0.15) is 0 Å². The molecule has 0 fully saturated rings. The molecule has 0 aromatic heterocycles. The second-order valence-corrected chi connectivity index (χ2v) is 1.47. The molecule has 0 rings (SSSR count). The van der Waals surface area contributed by atoms with E-state index in [1.54, 1.807) is 0 Å². The van der Waals surface area contributed by atoms with E-state index in [1.165, 1.54) is 0 Å². The zero-order valence-corrected chi connectivity index (χ0v) is 8.08. The van der Waals surface area contributed by atoms with Crippen molar-refractivity contribution < 1.29 is 65.0 Å². The third-order valence-electron chi connectivity index (χ3n) is 0. The Morgan fingerprint density at radius 3 is 1.38 bits per heavy atom. The topological polar surface area (TPSA) is 111 Å². The Hall–Kier alpha value is 1.19. The maximum Gasteiger partial charge on any atom is 3.00 e. The zero-order chi connectivity index (χ0) is 4.50. The summed E-state index contributed by atoms with van der Waals surface area (Å²) < 4.78 is 8.77. The second-order valence-electron chi connectivity index (χ2n) is 0.491. The van der Waals surface area contributed by atoms with Gasteiger partial charge in [-0.15, -0.1) is 0 Å². The van der Waals surface area contributed by atoms with Crippen molar-refractivity contribution in [1.29, 1.82) is 0 Å². The van der Waals surface area contributed by atoms with Crippen LogP contribution >= 0.6 is 7.82 Å². The molecule has 48 valence electrons. The molecule has 5 nitrogen and oxygen atoms in total. The molecule has 0 saturated heterocycles. The van der Waals surface area contributed by atoms with Gasteiger partial charge >= 0.3 is 35.6 Å². The van der Waals surface area contributed by atoms with Crippen LogP contribution in [0.25, 0.3) is 0 Å². The molecule has 0 unspecified atom stereocenters. The Morgan fingerprint density at radius 2 is 1.38 bits per heavy atom. The van der Waals surface area contributed by atoms with E-state index in [1.807, 2.05) is 0 Å². The van der Waals surface area contributed by atoms with Crippen LogP contribution in [0.2, 0.25) is 0 Å². The molecule has 8 heavy (non-hydrogen) atoms. The fraction of sp³-hybridized carbons (Fsp3) is 0. The molecular formula is H3FLaO5P. The molecule has 3 N–H and O–H groups in total. The van der Waals surface area contributed by atoms with Crippen LogP contribution in [0, 0.1) is 35.6 Å². The summed E-state index contributed by atoms with van der Waals surface area (Å²) in [6.45, 7) is 0. The molecule has 0 spiro atoms. The van der Waals surface area contributed by atoms with Gasteiger partial charge in [-0.05, 0) is 0 Å². The molecule has 0 aliphatic rings. The summed E-state index contributed by atoms with van der Waals surface area (Å²) in [5, 5.41) is 0. The van der Waals surface area contributed by atoms with Crippen molar-refractivity contribution in [2.45, 2.75) is 0 Å². The fourth-order valence-corrected chi connectivity index (χ4v) is 0. The van der Waals surface area contributed by atoms with Crippen molar-refractivity contribution in [2.75, 3.05) is 0 Å². The van der Waals surface area contributed by atoms with Gasteiger partial charge in [-0.25, -0.2) is 0 Å². The van der Waals surface area contributed by atoms with E-state index in [0.717, 1.165) is 0 Å². The number of phosphoric acid groups is 1. The van der Waals surface area contributed by atoms with E-state index in [4.69, 9.17) is 19.2 Å². The van der Waals surface area contributed by atoms with Gasteiger partial charge in [0.15, 0.2) is 0 Å². The summed E-state index contributed by atoms with van der Waals surface area (Å²) in [6.07, 6.45) is 0. The zero-order valence-electron chi connectivity index (χ0n) is 3.56. The normalized spacial score (nSPS) is 7.38. The third kappa shape index (κ3) is 193. The minimum absolute atomic E-state index is 0. The number of hydrogen-bond acceptors (Lipinski definition) is 3. The molecule has 0 heterocycles. The predicted molar refractivity (Wildman–Crippen MR) is 14.0 cm³/mol. The van der Waals surface area contributed by atoms with E-state index in [2.05, 4.69) is 0 Å². The van der Waals surface area contributed by atoms with Crippen molar-refractivity contribution in [3.8, 4) is 0 Å². The van der Waals surface area contributed by atoms with Gasteiger partial charge < -0.3 is 24.9 Å². The first-order valence-corrected chi connectivity index (χ1v) is 2.30. The summed E-state index contributed by atoms with van der Waals surface area (Å²) in [4.78, 5) is 22.9. The predicted octanol–water partition coefficient (Wildman–Crippen LogP) is -4.73. The average molecular weight is 272 g/mol. The number of rotatable bonds is 0. The first-order valence-electron chi connectivity index (χ1n) is 0.765. The summed E-state index contributed by atoms with van der Waals surface area (Å²) in [7, 11) is -4.89. The summed E-state index contributed by atoms with van der Waals surface area (Å²) in [5.41, 5.74) is 0. The maximum absolute atomic E-state index is 8.77. The van der Waals surface area contributed by atoms with Crippen molar-refractivity contribution >= 4 is 7.82 Å². The fourth-order valence-electron chi connectivity index (χ4n) is 0. The van der Waals surface area contributed by atoms with Crippen molar-refractivity contribution in [3.63, 3.8) is 0 Å². The first kappa shape index (κ1) is 22.9. The van der Waals surface area contributed by atoms with E-state index in [0.29, 0.717) is 0 Å². The van der Waals surface area contributed by atoms with Gasteiger partial charge in [-0.3, -0.25) is 4.57 Å². The molecule has 0 bridgehead atoms. The SMILES string of the molecule is O=P([O-])(O)O.[F-].[La+3].[OH-]. The Kier molecular flexibility index (Phi) is 23.4. The Balaban J connectivity index is -0.0000000267. The minimum Gasteiger partial charge on any atom is -1.00 e. The van der Waals surface area contributed by atoms with Crippen LogP contribution in [0.5, 0.6) is 0 Å². The van der Waals surface area contributed by atoms with Gasteiger partial charge in [-0.1, -0.05) is 0 Å². The van der Waals surface area contributed by atoms with Crippen LogP contribution in [0.15, 0.2) is 0 Å². The summed E-state index contributed by atoms with van der Waals surface area (Å²) in [5.74, 6) is 0. The van der Waals surface area contributed by atoms with Crippen LogP contribution < -0.4 is 9.60 Å². The monoisotopic (exact) mass is 272 g/mol. The molecule has 0 aromatic carbocycles. The Morgan fingerprint density at radius 1 is 1.38 bits per heavy atom. The third-order valence-corrected chi connectivity index (χ3v) is 0. The van der Waals surface area contributed by atoms with Crippen molar-refractivity contribution in [1.82, 2.24) is 0 Å². The molecule has 0 amide bonds. The standard InChI is InChI=1S/FH.La.H3O4P.H2O/c;;1-5(2,3)4;/h1H;;(H3,1,2,3,4);1H2/q;+3;;/p-3. The van der Waals surface area contributed by atoms with E-state index >= 15 is 0 Å². The largest absolute Gasteiger partial charge is 3.00 e. The van der Waals surface area contributed by atoms with E-state index < -0.39 is 7.82 Å². The molecule has 0 radical (unpaired) electrons. The van der Waals surface area contributed by atoms with Crippen LogP contribution in [0.1, 0.15) is 0 Å². The first-order chi connectivity index (χ1) is 2.00. The Labute approximate surface area is 72.6 Å². The van der Waals surface area contributed by atoms with E-state index in [9.17, 15) is 0 Å². The smallest absolute Gasteiger partial charge is 1.00 e. The van der Waals surface area contributed by atoms with Crippen LogP contribution in [0.4, 0.5) is 0 Å². The molecular weight excluding hydrogens is 269 g/mol. The average Bonchev–Trinajstić information content (AvgIpc) is 0.722. The molecule has 0 aromatic rings. The molecule has 0 aliphatic carbocycles. The van der Waals surface area contributed by atoms with Gasteiger partial charge in [0.25, 0.3) is 7.82 Å². The molecule has 0 aliphatic heterocycles. The van der Waals surface area contributed by atoms with Gasteiger partial charge in [0, 0.05) is 0 Å². The van der Waals surface area contributed by atoms with Crippen molar-refractivity contribution in [3.05, 3.63) is 0 Å². The van der Waals surface area contributed by atoms with Gasteiger partial charge in [0.2, 0.25) is 0 Å². The van der Waals surface area contributed by atoms with Gasteiger partial charge in [-0.2, -0.15) is 0 Å². The quantitative estimate of drug-likeness (QED) is 0.430. The van der Waals surface area contributed by atoms with Crippen molar-refractivity contribution in [2.24, 2.45) is 0 Å². The van der Waals surface area contributed by atoms with Crippen LogP contribution in [-0.2, 0) is 4.57 Å². The van der Waals surface area contributed by atoms with Crippen LogP contribution in [-0.4, -0.2) is 15.3 Å². The summed E-state index contributed by atoms with van der Waals surface area (Å²) >= 11 is 0. The molecule has 8 heteroatoms. The maximum atomic E-state index is 8.77. The Bertz CT molecular complexity index is 58.6. The van der Waals surface area contributed by atoms with Gasteiger partial charge in [0.05, 0.1) is 0 Å². The minimum atomic E-state index is -4.89. The molecule has 0 saturated carbocycles. The number of halogens is 1. The van der Waals surface area contributed by atoms with Crippen LogP contribution in [0.3, 0.4) is 0 Å². The second kappa shape index (κ2) is 8.19.